The van der Waals surface area contributed by atoms with Crippen LogP contribution in [-0.4, -0.2) is 43.4 Å². The molecule has 1 aliphatic heterocycles. The average Bonchev–Trinajstić information content (AvgIpc) is 2.48. The molecule has 1 atom stereocenters. The lowest BCUT2D eigenvalue weighted by atomic mass is 10.1. The summed E-state index contributed by atoms with van der Waals surface area (Å²) < 4.78 is 29.3. The molecule has 0 saturated carbocycles. The third kappa shape index (κ3) is 4.66. The zero-order valence-electron chi connectivity index (χ0n) is 12.5. The van der Waals surface area contributed by atoms with Gasteiger partial charge in [-0.15, -0.1) is 0 Å². The molecule has 0 spiro atoms. The fraction of sp³-hybridized carbons (Fsp3) is 0.643. The number of aromatic nitrogens is 1. The average molecular weight is 312 g/mol. The van der Waals surface area contributed by atoms with E-state index in [9.17, 15) is 8.42 Å². The van der Waals surface area contributed by atoms with Crippen molar-refractivity contribution in [1.29, 1.82) is 0 Å². The van der Waals surface area contributed by atoms with Gasteiger partial charge in [-0.1, -0.05) is 13.3 Å². The van der Waals surface area contributed by atoms with Crippen LogP contribution in [0.15, 0.2) is 24.5 Å². The highest BCUT2D eigenvalue weighted by Gasteiger charge is 2.31. The minimum Gasteiger partial charge on any atom is -0.315 e. The maximum Gasteiger partial charge on any atom is 0.301 e. The number of nitrogens with one attached hydrogen (secondary N) is 2. The molecule has 1 unspecified atom stereocenters. The van der Waals surface area contributed by atoms with Crippen molar-refractivity contribution in [3.05, 3.63) is 24.5 Å². The lowest BCUT2D eigenvalue weighted by molar-refractivity contribution is 0.247. The summed E-state index contributed by atoms with van der Waals surface area (Å²) in [7, 11) is -3.52. The Hall–Kier alpha value is -1.18. The predicted molar refractivity (Wildman–Crippen MR) is 84.3 cm³/mol. The second-order valence-electron chi connectivity index (χ2n) is 5.31. The van der Waals surface area contributed by atoms with Crippen LogP contribution in [-0.2, 0) is 10.2 Å². The summed E-state index contributed by atoms with van der Waals surface area (Å²) in [4.78, 5) is 3.94. The smallest absolute Gasteiger partial charge is 0.301 e. The van der Waals surface area contributed by atoms with Crippen LogP contribution in [0, 0.1) is 0 Å². The molecule has 1 fully saturated rings. The molecule has 2 heterocycles. The fourth-order valence-corrected chi connectivity index (χ4v) is 4.05. The Morgan fingerprint density at radius 2 is 2.29 bits per heavy atom. The summed E-state index contributed by atoms with van der Waals surface area (Å²) in [5, 5.41) is 3.32. The van der Waals surface area contributed by atoms with Crippen molar-refractivity contribution >= 4 is 15.9 Å². The molecule has 2 rings (SSSR count). The van der Waals surface area contributed by atoms with E-state index in [1.165, 1.54) is 6.20 Å². The van der Waals surface area contributed by atoms with Gasteiger partial charge in [0.25, 0.3) is 0 Å². The van der Waals surface area contributed by atoms with Crippen LogP contribution in [0.4, 0.5) is 5.69 Å². The number of anilines is 1. The summed E-state index contributed by atoms with van der Waals surface area (Å²) in [6.45, 7) is 4.31. The second-order valence-corrected chi connectivity index (χ2v) is 6.94. The zero-order chi connectivity index (χ0) is 15.1. The van der Waals surface area contributed by atoms with E-state index < -0.39 is 10.2 Å². The Morgan fingerprint density at radius 1 is 1.43 bits per heavy atom. The van der Waals surface area contributed by atoms with Crippen molar-refractivity contribution < 1.29 is 8.42 Å². The summed E-state index contributed by atoms with van der Waals surface area (Å²) in [5.41, 5.74) is 0.503. The van der Waals surface area contributed by atoms with Crippen LogP contribution < -0.4 is 10.0 Å². The van der Waals surface area contributed by atoms with E-state index >= 15 is 0 Å². The molecule has 1 saturated heterocycles. The van der Waals surface area contributed by atoms with Gasteiger partial charge < -0.3 is 5.32 Å². The lowest BCUT2D eigenvalue weighted by Crippen LogP contribution is -2.50. The number of nitrogens with zero attached hydrogens (tertiary/aromatic N) is 2. The van der Waals surface area contributed by atoms with Crippen molar-refractivity contribution in [1.82, 2.24) is 14.6 Å². The van der Waals surface area contributed by atoms with Gasteiger partial charge in [0, 0.05) is 25.3 Å². The van der Waals surface area contributed by atoms with Crippen LogP contribution >= 0.6 is 0 Å². The monoisotopic (exact) mass is 312 g/mol. The zero-order valence-corrected chi connectivity index (χ0v) is 13.3. The molecule has 0 bridgehead atoms. The van der Waals surface area contributed by atoms with Gasteiger partial charge in [-0.2, -0.15) is 12.7 Å². The topological polar surface area (TPSA) is 74.3 Å². The first-order valence-electron chi connectivity index (χ1n) is 7.54. The van der Waals surface area contributed by atoms with Gasteiger partial charge in [-0.3, -0.25) is 9.71 Å². The summed E-state index contributed by atoms with van der Waals surface area (Å²) in [5.74, 6) is 0. The summed E-state index contributed by atoms with van der Waals surface area (Å²) in [6.07, 6.45) is 7.09. The van der Waals surface area contributed by atoms with E-state index in [1.54, 1.807) is 22.6 Å². The molecule has 1 aromatic heterocycles. The summed E-state index contributed by atoms with van der Waals surface area (Å²) >= 11 is 0. The van der Waals surface area contributed by atoms with Gasteiger partial charge in [-0.05, 0) is 37.9 Å². The first kappa shape index (κ1) is 16.2. The maximum atomic E-state index is 12.6. The van der Waals surface area contributed by atoms with Crippen molar-refractivity contribution in [2.45, 2.75) is 38.6 Å². The number of hydrogen-bond donors (Lipinski definition) is 2. The standard InChI is InChI=1S/C14H24N4O2S/c1-2-8-15-12-14-7-3-4-10-18(14)21(19,20)17-13-6-5-9-16-11-13/h5-6,9,11,14-15,17H,2-4,7-8,10,12H2,1H3. The molecule has 1 aliphatic rings. The molecule has 0 aliphatic carbocycles. The van der Waals surface area contributed by atoms with Gasteiger partial charge in [0.2, 0.25) is 0 Å². The fourth-order valence-electron chi connectivity index (χ4n) is 2.57. The highest BCUT2D eigenvalue weighted by atomic mass is 32.2. The Balaban J connectivity index is 2.04. The first-order valence-corrected chi connectivity index (χ1v) is 8.98. The Kier molecular flexibility index (Phi) is 5.96. The molecule has 0 amide bonds. The van der Waals surface area contributed by atoms with Gasteiger partial charge in [0.1, 0.15) is 0 Å². The highest BCUT2D eigenvalue weighted by Crippen LogP contribution is 2.21. The summed E-state index contributed by atoms with van der Waals surface area (Å²) in [6, 6.07) is 3.45. The minimum absolute atomic E-state index is 0.0273. The Bertz CT molecular complexity index is 521. The van der Waals surface area contributed by atoms with Crippen molar-refractivity contribution in [3.63, 3.8) is 0 Å². The molecule has 0 radical (unpaired) electrons. The van der Waals surface area contributed by atoms with E-state index in [0.717, 1.165) is 32.2 Å². The Labute approximate surface area is 127 Å². The van der Waals surface area contributed by atoms with E-state index in [-0.39, 0.29) is 6.04 Å². The molecule has 2 N–H and O–H groups in total. The van der Waals surface area contributed by atoms with Gasteiger partial charge in [0.05, 0.1) is 11.9 Å². The number of hydrogen-bond acceptors (Lipinski definition) is 4. The number of rotatable bonds is 7. The minimum atomic E-state index is -3.52. The van der Waals surface area contributed by atoms with E-state index in [2.05, 4.69) is 21.9 Å². The molecule has 6 nitrogen and oxygen atoms in total. The first-order chi connectivity index (χ1) is 10.1. The maximum absolute atomic E-state index is 12.6. The molecule has 0 aromatic carbocycles. The molecule has 7 heteroatoms. The van der Waals surface area contributed by atoms with Crippen LogP contribution in [0.5, 0.6) is 0 Å². The molecule has 118 valence electrons. The number of piperidine rings is 1. The second kappa shape index (κ2) is 7.72. The van der Waals surface area contributed by atoms with E-state index in [1.807, 2.05) is 0 Å². The third-order valence-corrected chi connectivity index (χ3v) is 5.19. The molecule has 21 heavy (non-hydrogen) atoms. The molecular weight excluding hydrogens is 288 g/mol. The largest absolute Gasteiger partial charge is 0.315 e. The number of pyridine rings is 1. The van der Waals surface area contributed by atoms with Gasteiger partial charge in [0.15, 0.2) is 0 Å². The molecule has 1 aromatic rings. The van der Waals surface area contributed by atoms with E-state index in [4.69, 9.17) is 0 Å². The van der Waals surface area contributed by atoms with Crippen LogP contribution in [0.25, 0.3) is 0 Å². The van der Waals surface area contributed by atoms with Crippen LogP contribution in [0.2, 0.25) is 0 Å². The highest BCUT2D eigenvalue weighted by molar-refractivity contribution is 7.90. The van der Waals surface area contributed by atoms with Crippen LogP contribution in [0.3, 0.4) is 0 Å². The SMILES string of the molecule is CCCNCC1CCCCN1S(=O)(=O)Nc1cccnc1. The normalized spacial score (nSPS) is 20.3. The Morgan fingerprint density at radius 3 is 3.00 bits per heavy atom. The van der Waals surface area contributed by atoms with Gasteiger partial charge >= 0.3 is 10.2 Å². The lowest BCUT2D eigenvalue weighted by Gasteiger charge is -2.34. The van der Waals surface area contributed by atoms with Crippen molar-refractivity contribution in [2.75, 3.05) is 24.4 Å². The predicted octanol–water partition coefficient (Wildman–Crippen LogP) is 1.59. The van der Waals surface area contributed by atoms with Gasteiger partial charge in [-0.25, -0.2) is 0 Å². The molecular formula is C14H24N4O2S. The quantitative estimate of drug-likeness (QED) is 0.750. The van der Waals surface area contributed by atoms with Crippen molar-refractivity contribution in [2.24, 2.45) is 0 Å². The third-order valence-electron chi connectivity index (χ3n) is 3.60. The van der Waals surface area contributed by atoms with Crippen molar-refractivity contribution in [3.8, 4) is 0 Å². The van der Waals surface area contributed by atoms with E-state index in [0.29, 0.717) is 18.8 Å². The van der Waals surface area contributed by atoms with Crippen LogP contribution in [0.1, 0.15) is 32.6 Å².